The number of amides is 2. The summed E-state index contributed by atoms with van der Waals surface area (Å²) in [6.45, 7) is 9.56. The van der Waals surface area contributed by atoms with Crippen LogP contribution in [0, 0.1) is 5.92 Å². The number of nitrogens with zero attached hydrogens (tertiary/aromatic N) is 2. The number of carbonyl (C=O) groups is 2. The van der Waals surface area contributed by atoms with Gasteiger partial charge >= 0.3 is 0 Å². The molecule has 20 heavy (non-hydrogen) atoms. The van der Waals surface area contributed by atoms with Crippen LogP contribution in [0.2, 0.25) is 0 Å². The van der Waals surface area contributed by atoms with Crippen molar-refractivity contribution in [2.24, 2.45) is 11.7 Å². The fourth-order valence-electron chi connectivity index (χ4n) is 2.69. The van der Waals surface area contributed by atoms with Gasteiger partial charge in [-0.15, -0.1) is 0 Å². The van der Waals surface area contributed by atoms with Crippen molar-refractivity contribution >= 4 is 11.8 Å². The highest BCUT2D eigenvalue weighted by Crippen LogP contribution is 2.20. The van der Waals surface area contributed by atoms with E-state index in [1.165, 1.54) is 0 Å². The number of piperidine rings is 1. The molecule has 2 amide bonds. The van der Waals surface area contributed by atoms with Gasteiger partial charge in [-0.2, -0.15) is 0 Å². The summed E-state index contributed by atoms with van der Waals surface area (Å²) < 4.78 is 0. The van der Waals surface area contributed by atoms with Crippen LogP contribution in [-0.2, 0) is 9.59 Å². The molecule has 5 heteroatoms. The third kappa shape index (κ3) is 4.20. The van der Waals surface area contributed by atoms with Gasteiger partial charge in [-0.3, -0.25) is 9.59 Å². The zero-order chi connectivity index (χ0) is 15.3. The second-order valence-corrected chi connectivity index (χ2v) is 6.01. The molecule has 1 fully saturated rings. The van der Waals surface area contributed by atoms with Gasteiger partial charge in [0.05, 0.1) is 6.04 Å². The summed E-state index contributed by atoms with van der Waals surface area (Å²) in [6, 6.07) is -0.326. The number of likely N-dealkylation sites (tertiary alicyclic amines) is 1. The summed E-state index contributed by atoms with van der Waals surface area (Å²) in [5.41, 5.74) is 6.00. The summed E-state index contributed by atoms with van der Waals surface area (Å²) in [6.07, 6.45) is 3.10. The van der Waals surface area contributed by atoms with Gasteiger partial charge in [-0.25, -0.2) is 0 Å². The molecule has 0 aromatic rings. The van der Waals surface area contributed by atoms with E-state index >= 15 is 0 Å². The van der Waals surface area contributed by atoms with Gasteiger partial charge in [-0.05, 0) is 32.1 Å². The Kier molecular flexibility index (Phi) is 6.46. The Bertz CT molecular complexity index is 344. The number of nitrogens with two attached hydrogens (primary N) is 1. The zero-order valence-corrected chi connectivity index (χ0v) is 13.3. The minimum Gasteiger partial charge on any atom is -0.341 e. The Morgan fingerprint density at radius 1 is 1.35 bits per heavy atom. The topological polar surface area (TPSA) is 66.6 Å². The second-order valence-electron chi connectivity index (χ2n) is 6.01. The van der Waals surface area contributed by atoms with Crippen LogP contribution in [0.1, 0.15) is 47.0 Å². The van der Waals surface area contributed by atoms with Crippen molar-refractivity contribution in [3.8, 4) is 0 Å². The summed E-state index contributed by atoms with van der Waals surface area (Å²) in [5.74, 6) is 0.239. The van der Waals surface area contributed by atoms with E-state index in [0.29, 0.717) is 13.1 Å². The Morgan fingerprint density at radius 2 is 2.00 bits per heavy atom. The quantitative estimate of drug-likeness (QED) is 0.825. The number of hydrogen-bond donors (Lipinski definition) is 1. The molecule has 0 bridgehead atoms. The molecular formula is C15H29N3O2. The Morgan fingerprint density at radius 3 is 2.50 bits per heavy atom. The molecule has 0 radical (unpaired) electrons. The predicted molar refractivity (Wildman–Crippen MR) is 80.1 cm³/mol. The van der Waals surface area contributed by atoms with E-state index in [1.54, 1.807) is 11.8 Å². The third-order valence-corrected chi connectivity index (χ3v) is 4.17. The van der Waals surface area contributed by atoms with Crippen molar-refractivity contribution in [3.05, 3.63) is 0 Å². The molecule has 2 N–H and O–H groups in total. The summed E-state index contributed by atoms with van der Waals surface area (Å²) in [4.78, 5) is 27.8. The van der Waals surface area contributed by atoms with Gasteiger partial charge in [0.15, 0.2) is 0 Å². The van der Waals surface area contributed by atoms with Crippen molar-refractivity contribution in [1.29, 1.82) is 0 Å². The monoisotopic (exact) mass is 283 g/mol. The maximum atomic E-state index is 12.5. The molecule has 1 saturated heterocycles. The van der Waals surface area contributed by atoms with Crippen LogP contribution in [0.4, 0.5) is 0 Å². The van der Waals surface area contributed by atoms with Gasteiger partial charge in [0.25, 0.3) is 0 Å². The first-order valence-corrected chi connectivity index (χ1v) is 7.70. The second kappa shape index (κ2) is 7.62. The van der Waals surface area contributed by atoms with E-state index in [1.807, 2.05) is 25.7 Å². The number of hydrogen-bond acceptors (Lipinski definition) is 3. The third-order valence-electron chi connectivity index (χ3n) is 4.17. The number of likely N-dealkylation sites (N-methyl/N-ethyl adjacent to an activating group) is 1. The lowest BCUT2D eigenvalue weighted by molar-refractivity contribution is -0.140. The fourth-order valence-corrected chi connectivity index (χ4v) is 2.69. The highest BCUT2D eigenvalue weighted by Gasteiger charge is 2.32. The molecular weight excluding hydrogens is 254 g/mol. The largest absolute Gasteiger partial charge is 0.341 e. The van der Waals surface area contributed by atoms with Gasteiger partial charge in [0, 0.05) is 32.6 Å². The maximum absolute atomic E-state index is 12.5. The normalized spacial score (nSPS) is 20.9. The summed E-state index contributed by atoms with van der Waals surface area (Å²) >= 11 is 0. The highest BCUT2D eigenvalue weighted by atomic mass is 16.2. The van der Waals surface area contributed by atoms with E-state index in [-0.39, 0.29) is 23.8 Å². The molecule has 1 aliphatic heterocycles. The van der Waals surface area contributed by atoms with Crippen molar-refractivity contribution in [1.82, 2.24) is 9.80 Å². The van der Waals surface area contributed by atoms with E-state index in [0.717, 1.165) is 25.8 Å². The molecule has 0 unspecified atom stereocenters. The van der Waals surface area contributed by atoms with Gasteiger partial charge in [-0.1, -0.05) is 13.8 Å². The molecule has 0 spiro atoms. The van der Waals surface area contributed by atoms with Crippen LogP contribution >= 0.6 is 0 Å². The standard InChI is InChI=1S/C15H29N3O2/c1-5-17(12(4)19)10-13-8-6-7-9-18(13)15(20)14(16)11(2)3/h11,13-14H,5-10,16H2,1-4H3/t13-,14+/m1/s1. The molecule has 2 atom stereocenters. The van der Waals surface area contributed by atoms with Crippen LogP contribution in [0.5, 0.6) is 0 Å². The molecule has 0 aromatic carbocycles. The molecule has 116 valence electrons. The average molecular weight is 283 g/mol. The molecule has 1 rings (SSSR count). The van der Waals surface area contributed by atoms with E-state index in [2.05, 4.69) is 0 Å². The van der Waals surface area contributed by atoms with Crippen molar-refractivity contribution < 1.29 is 9.59 Å². The first-order valence-electron chi connectivity index (χ1n) is 7.70. The smallest absolute Gasteiger partial charge is 0.240 e. The van der Waals surface area contributed by atoms with E-state index in [9.17, 15) is 9.59 Å². The molecule has 0 saturated carbocycles. The first kappa shape index (κ1) is 17.0. The minimum absolute atomic E-state index is 0.0318. The zero-order valence-electron chi connectivity index (χ0n) is 13.3. The maximum Gasteiger partial charge on any atom is 0.240 e. The van der Waals surface area contributed by atoms with Crippen molar-refractivity contribution in [2.45, 2.75) is 59.0 Å². The molecule has 1 heterocycles. The minimum atomic E-state index is -0.442. The van der Waals surface area contributed by atoms with Crippen molar-refractivity contribution in [2.75, 3.05) is 19.6 Å². The van der Waals surface area contributed by atoms with E-state index < -0.39 is 6.04 Å². The van der Waals surface area contributed by atoms with Crippen molar-refractivity contribution in [3.63, 3.8) is 0 Å². The summed E-state index contributed by atoms with van der Waals surface area (Å²) in [7, 11) is 0. The average Bonchev–Trinajstić information content (AvgIpc) is 2.43. The van der Waals surface area contributed by atoms with Crippen LogP contribution in [0.15, 0.2) is 0 Å². The van der Waals surface area contributed by atoms with E-state index in [4.69, 9.17) is 5.73 Å². The Labute approximate surface area is 122 Å². The van der Waals surface area contributed by atoms with Crippen LogP contribution in [0.3, 0.4) is 0 Å². The molecule has 0 aliphatic carbocycles. The lowest BCUT2D eigenvalue weighted by Gasteiger charge is -2.40. The van der Waals surface area contributed by atoms with Crippen LogP contribution in [0.25, 0.3) is 0 Å². The molecule has 1 aliphatic rings. The molecule has 5 nitrogen and oxygen atoms in total. The Hall–Kier alpha value is -1.10. The lowest BCUT2D eigenvalue weighted by atomic mass is 9.97. The van der Waals surface area contributed by atoms with Crippen LogP contribution in [-0.4, -0.2) is 53.3 Å². The fraction of sp³-hybridized carbons (Fsp3) is 0.867. The van der Waals surface area contributed by atoms with Crippen LogP contribution < -0.4 is 5.73 Å². The number of carbonyl (C=O) groups excluding carboxylic acids is 2. The first-order chi connectivity index (χ1) is 9.38. The SMILES string of the molecule is CCN(C[C@H]1CCCCN1C(=O)[C@@H](N)C(C)C)C(C)=O. The highest BCUT2D eigenvalue weighted by molar-refractivity contribution is 5.82. The molecule has 0 aromatic heterocycles. The predicted octanol–water partition coefficient (Wildman–Crippen LogP) is 1.22. The number of rotatable bonds is 5. The lowest BCUT2D eigenvalue weighted by Crippen LogP contribution is -2.55. The van der Waals surface area contributed by atoms with Gasteiger partial charge < -0.3 is 15.5 Å². The van der Waals surface area contributed by atoms with Gasteiger partial charge in [0.1, 0.15) is 0 Å². The van der Waals surface area contributed by atoms with Gasteiger partial charge in [0.2, 0.25) is 11.8 Å². The Balaban J connectivity index is 2.76. The summed E-state index contributed by atoms with van der Waals surface area (Å²) in [5, 5.41) is 0.